The summed E-state index contributed by atoms with van der Waals surface area (Å²) in [6.07, 6.45) is 0.641. The molecule has 1 heterocycles. The van der Waals surface area contributed by atoms with Crippen molar-refractivity contribution in [2.45, 2.75) is 23.5 Å². The minimum atomic E-state index is -2.98. The highest BCUT2D eigenvalue weighted by atomic mass is 32.2. The first kappa shape index (κ1) is 10.8. The van der Waals surface area contributed by atoms with Gasteiger partial charge in [-0.1, -0.05) is 30.0 Å². The van der Waals surface area contributed by atoms with Crippen molar-refractivity contribution in [3.05, 3.63) is 40.6 Å². The van der Waals surface area contributed by atoms with Gasteiger partial charge in [-0.2, -0.15) is 0 Å². The van der Waals surface area contributed by atoms with Crippen LogP contribution in [0, 0.1) is 0 Å². The molecule has 0 N–H and O–H groups in total. The topological polar surface area (TPSA) is 34.1 Å². The summed E-state index contributed by atoms with van der Waals surface area (Å²) in [5.41, 5.74) is 0. The number of thioether (sulfide) groups is 1. The van der Waals surface area contributed by atoms with E-state index in [2.05, 4.69) is 0 Å². The zero-order valence-electron chi connectivity index (χ0n) is 8.38. The molecule has 1 aromatic carbocycles. The van der Waals surface area contributed by atoms with Gasteiger partial charge in [-0.05, 0) is 25.5 Å². The maximum absolute atomic E-state index is 11.5. The Morgan fingerprint density at radius 1 is 1.27 bits per heavy atom. The molecule has 2 rings (SSSR count). The lowest BCUT2D eigenvalue weighted by atomic mass is 10.3. The number of allylic oxidation sites excluding steroid dienone is 1. The van der Waals surface area contributed by atoms with E-state index in [0.717, 1.165) is 9.80 Å². The number of rotatable bonds is 2. The molecule has 15 heavy (non-hydrogen) atoms. The number of sulfone groups is 1. The molecule has 0 amide bonds. The lowest BCUT2D eigenvalue weighted by Gasteiger charge is -2.01. The van der Waals surface area contributed by atoms with Crippen LogP contribution in [0.15, 0.2) is 45.5 Å². The second kappa shape index (κ2) is 4.02. The predicted molar refractivity (Wildman–Crippen MR) is 63.4 cm³/mol. The van der Waals surface area contributed by atoms with Crippen molar-refractivity contribution in [2.75, 3.05) is 0 Å². The Bertz CT molecular complexity index is 475. The van der Waals surface area contributed by atoms with Crippen molar-refractivity contribution >= 4 is 21.6 Å². The van der Waals surface area contributed by atoms with E-state index in [1.54, 1.807) is 6.92 Å². The van der Waals surface area contributed by atoms with Gasteiger partial charge < -0.3 is 0 Å². The van der Waals surface area contributed by atoms with E-state index in [0.29, 0.717) is 6.42 Å². The molecule has 0 aliphatic carbocycles. The van der Waals surface area contributed by atoms with E-state index in [9.17, 15) is 8.42 Å². The summed E-state index contributed by atoms with van der Waals surface area (Å²) in [6, 6.07) is 9.83. The molecule has 2 nitrogen and oxygen atoms in total. The van der Waals surface area contributed by atoms with Crippen molar-refractivity contribution in [1.29, 1.82) is 0 Å². The van der Waals surface area contributed by atoms with E-state index in [-0.39, 0.29) is 5.25 Å². The van der Waals surface area contributed by atoms with Crippen LogP contribution in [0.1, 0.15) is 13.3 Å². The van der Waals surface area contributed by atoms with E-state index in [1.165, 1.54) is 17.2 Å². The molecule has 0 saturated carbocycles. The molecule has 1 aliphatic heterocycles. The molecule has 1 aromatic rings. The molecule has 0 saturated heterocycles. The molecule has 4 heteroatoms. The monoisotopic (exact) mass is 240 g/mol. The maximum atomic E-state index is 11.5. The molecule has 0 bridgehead atoms. The fourth-order valence-corrected chi connectivity index (χ4v) is 4.19. The number of benzene rings is 1. The first-order valence-corrected chi connectivity index (χ1v) is 7.18. The summed E-state index contributed by atoms with van der Waals surface area (Å²) < 4.78 is 22.9. The first-order chi connectivity index (χ1) is 7.08. The lowest BCUT2D eigenvalue weighted by Crippen LogP contribution is -2.08. The van der Waals surface area contributed by atoms with Gasteiger partial charge in [-0.25, -0.2) is 8.42 Å². The summed E-state index contributed by atoms with van der Waals surface area (Å²) in [5, 5.41) is 1.15. The Kier molecular flexibility index (Phi) is 2.89. The smallest absolute Gasteiger partial charge is 0.175 e. The SMILES string of the molecule is CC1CC(Sc2ccccc2)=CS1(=O)=O. The molecule has 1 atom stereocenters. The highest BCUT2D eigenvalue weighted by Gasteiger charge is 2.27. The lowest BCUT2D eigenvalue weighted by molar-refractivity contribution is 0.596. The van der Waals surface area contributed by atoms with Crippen LogP contribution >= 0.6 is 11.8 Å². The van der Waals surface area contributed by atoms with Crippen LogP contribution in [0.4, 0.5) is 0 Å². The summed E-state index contributed by atoms with van der Waals surface area (Å²) >= 11 is 1.54. The van der Waals surface area contributed by atoms with Gasteiger partial charge in [0.1, 0.15) is 0 Å². The zero-order valence-corrected chi connectivity index (χ0v) is 10.0. The molecule has 1 aliphatic rings. The zero-order chi connectivity index (χ0) is 10.9. The Balaban J connectivity index is 2.17. The van der Waals surface area contributed by atoms with Crippen LogP contribution in [0.5, 0.6) is 0 Å². The van der Waals surface area contributed by atoms with Crippen LogP contribution in [-0.4, -0.2) is 13.7 Å². The van der Waals surface area contributed by atoms with Crippen LogP contribution in [0.2, 0.25) is 0 Å². The standard InChI is InChI=1S/C11H12O2S2/c1-9-7-11(8-15(9,12)13)14-10-5-3-2-4-6-10/h2-6,8-9H,7H2,1H3. The van der Waals surface area contributed by atoms with E-state index in [4.69, 9.17) is 0 Å². The Hall–Kier alpha value is -0.740. The molecule has 1 unspecified atom stereocenters. The van der Waals surface area contributed by atoms with Crippen molar-refractivity contribution < 1.29 is 8.42 Å². The van der Waals surface area contributed by atoms with Gasteiger partial charge in [0.2, 0.25) is 0 Å². The number of hydrogen-bond donors (Lipinski definition) is 0. The molecule has 0 spiro atoms. The molecular weight excluding hydrogens is 228 g/mol. The molecule has 80 valence electrons. The molecule has 0 aromatic heterocycles. The third-order valence-corrected chi connectivity index (χ3v) is 5.44. The van der Waals surface area contributed by atoms with Gasteiger partial charge in [-0.3, -0.25) is 0 Å². The molecular formula is C11H12O2S2. The van der Waals surface area contributed by atoms with Gasteiger partial charge >= 0.3 is 0 Å². The highest BCUT2D eigenvalue weighted by Crippen LogP contribution is 2.36. The minimum absolute atomic E-state index is 0.260. The normalized spacial score (nSPS) is 23.8. The Labute approximate surface area is 94.3 Å². The highest BCUT2D eigenvalue weighted by molar-refractivity contribution is 8.05. The second-order valence-electron chi connectivity index (χ2n) is 3.60. The predicted octanol–water partition coefficient (Wildman–Crippen LogP) is 2.83. The second-order valence-corrected chi connectivity index (χ2v) is 7.02. The van der Waals surface area contributed by atoms with Gasteiger partial charge in [0.25, 0.3) is 0 Å². The van der Waals surface area contributed by atoms with E-state index < -0.39 is 9.84 Å². The summed E-state index contributed by atoms with van der Waals surface area (Å²) in [6.45, 7) is 1.75. The van der Waals surface area contributed by atoms with Gasteiger partial charge in [0.15, 0.2) is 9.84 Å². The van der Waals surface area contributed by atoms with Crippen LogP contribution in [0.3, 0.4) is 0 Å². The molecule has 0 fully saturated rings. The van der Waals surface area contributed by atoms with Crippen molar-refractivity contribution in [1.82, 2.24) is 0 Å². The largest absolute Gasteiger partial charge is 0.224 e. The Morgan fingerprint density at radius 3 is 2.47 bits per heavy atom. The van der Waals surface area contributed by atoms with Crippen LogP contribution in [-0.2, 0) is 9.84 Å². The maximum Gasteiger partial charge on any atom is 0.175 e. The minimum Gasteiger partial charge on any atom is -0.224 e. The van der Waals surface area contributed by atoms with Crippen LogP contribution < -0.4 is 0 Å². The van der Waals surface area contributed by atoms with Crippen molar-refractivity contribution in [3.63, 3.8) is 0 Å². The van der Waals surface area contributed by atoms with Gasteiger partial charge in [0, 0.05) is 15.2 Å². The average Bonchev–Trinajstić information content (AvgIpc) is 2.42. The first-order valence-electron chi connectivity index (χ1n) is 4.75. The molecule has 0 radical (unpaired) electrons. The van der Waals surface area contributed by atoms with Crippen LogP contribution in [0.25, 0.3) is 0 Å². The number of hydrogen-bond acceptors (Lipinski definition) is 3. The fourth-order valence-electron chi connectivity index (χ4n) is 1.45. The van der Waals surface area contributed by atoms with Gasteiger partial charge in [-0.15, -0.1) is 0 Å². The third kappa shape index (κ3) is 2.44. The van der Waals surface area contributed by atoms with E-state index >= 15 is 0 Å². The van der Waals surface area contributed by atoms with Crippen molar-refractivity contribution in [2.24, 2.45) is 0 Å². The quantitative estimate of drug-likeness (QED) is 0.797. The average molecular weight is 240 g/mol. The van der Waals surface area contributed by atoms with Gasteiger partial charge in [0.05, 0.1) is 5.25 Å². The summed E-state index contributed by atoms with van der Waals surface area (Å²) in [5.74, 6) is 0. The van der Waals surface area contributed by atoms with E-state index in [1.807, 2.05) is 30.3 Å². The summed E-state index contributed by atoms with van der Waals surface area (Å²) in [7, 11) is -2.98. The fraction of sp³-hybridized carbons (Fsp3) is 0.273. The van der Waals surface area contributed by atoms with Crippen molar-refractivity contribution in [3.8, 4) is 0 Å². The third-order valence-electron chi connectivity index (χ3n) is 2.34. The summed E-state index contributed by atoms with van der Waals surface area (Å²) in [4.78, 5) is 2.03. The Morgan fingerprint density at radius 2 is 1.93 bits per heavy atom.